The van der Waals surface area contributed by atoms with Crippen LogP contribution in [-0.4, -0.2) is 0 Å². The van der Waals surface area contributed by atoms with Crippen molar-refractivity contribution in [3.63, 3.8) is 0 Å². The van der Waals surface area contributed by atoms with Gasteiger partial charge < -0.3 is 0 Å². The van der Waals surface area contributed by atoms with E-state index in [1.165, 1.54) is 11.1 Å². The molecule has 0 spiro atoms. The van der Waals surface area contributed by atoms with Gasteiger partial charge in [0, 0.05) is 0 Å². The minimum atomic E-state index is 0.972. The van der Waals surface area contributed by atoms with E-state index >= 15 is 0 Å². The summed E-state index contributed by atoms with van der Waals surface area (Å²) in [4.78, 5) is 0. The molecule has 0 fully saturated rings. The lowest BCUT2D eigenvalue weighted by Gasteiger charge is -1.93. The Kier molecular flexibility index (Phi) is 24.8. The Morgan fingerprint density at radius 1 is 0.818 bits per heavy atom. The summed E-state index contributed by atoms with van der Waals surface area (Å²) in [5, 5.41) is 0. The molecule has 68 valence electrons. The van der Waals surface area contributed by atoms with Crippen molar-refractivity contribution in [3.05, 3.63) is 24.3 Å². The summed E-state index contributed by atoms with van der Waals surface area (Å²) in [6, 6.07) is 0. The predicted molar refractivity (Wildman–Crippen MR) is 56.9 cm³/mol. The van der Waals surface area contributed by atoms with Crippen molar-refractivity contribution in [2.24, 2.45) is 0 Å². The molecule has 0 bridgehead atoms. The zero-order chi connectivity index (χ0) is 9.86. The molecule has 0 heterocycles. The molecule has 11 heavy (non-hydrogen) atoms. The normalized spacial score (nSPS) is 6.36. The van der Waals surface area contributed by atoms with Crippen molar-refractivity contribution in [2.75, 3.05) is 0 Å². The molecule has 0 N–H and O–H groups in total. The van der Waals surface area contributed by atoms with Gasteiger partial charge in [-0.1, -0.05) is 52.0 Å². The van der Waals surface area contributed by atoms with Crippen LogP contribution in [0, 0.1) is 0 Å². The van der Waals surface area contributed by atoms with Crippen molar-refractivity contribution >= 4 is 0 Å². The van der Waals surface area contributed by atoms with E-state index in [1.54, 1.807) is 0 Å². The zero-order valence-electron chi connectivity index (χ0n) is 9.12. The van der Waals surface area contributed by atoms with E-state index in [0.717, 1.165) is 6.42 Å². The van der Waals surface area contributed by atoms with E-state index in [9.17, 15) is 0 Å². The summed E-state index contributed by atoms with van der Waals surface area (Å²) >= 11 is 0. The maximum Gasteiger partial charge on any atom is -0.0119 e. The van der Waals surface area contributed by atoms with Crippen LogP contribution >= 0.6 is 0 Å². The standard InChI is InChI=1S/C7H12.2C2H6/c1-6(2)5-7(3)4;2*1-2/h1,3,5H2,2,4H3;2*1-2H3. The molecule has 0 aliphatic heterocycles. The van der Waals surface area contributed by atoms with Crippen LogP contribution in [0.1, 0.15) is 48.0 Å². The second-order valence-corrected chi connectivity index (χ2v) is 2.09. The Balaban J connectivity index is -0.000000138. The van der Waals surface area contributed by atoms with Crippen LogP contribution in [0.15, 0.2) is 24.3 Å². The minimum absolute atomic E-state index is 0.972. The third-order valence-corrected chi connectivity index (χ3v) is 0.604. The fourth-order valence-electron chi connectivity index (χ4n) is 0.515. The Hall–Kier alpha value is -0.520. The van der Waals surface area contributed by atoms with E-state index in [1.807, 2.05) is 41.5 Å². The first-order valence-corrected chi connectivity index (χ1v) is 4.41. The van der Waals surface area contributed by atoms with Gasteiger partial charge in [0.2, 0.25) is 0 Å². The van der Waals surface area contributed by atoms with Gasteiger partial charge in [-0.2, -0.15) is 0 Å². The second-order valence-electron chi connectivity index (χ2n) is 2.09. The Morgan fingerprint density at radius 2 is 1.00 bits per heavy atom. The highest BCUT2D eigenvalue weighted by Crippen LogP contribution is 2.02. The summed E-state index contributed by atoms with van der Waals surface area (Å²) in [6.45, 7) is 19.5. The third-order valence-electron chi connectivity index (χ3n) is 0.604. The molecule has 0 aliphatic carbocycles. The molecular formula is C11H24. The van der Waals surface area contributed by atoms with E-state index < -0.39 is 0 Å². The van der Waals surface area contributed by atoms with Crippen molar-refractivity contribution in [3.8, 4) is 0 Å². The molecule has 0 unspecified atom stereocenters. The number of rotatable bonds is 2. The first-order valence-electron chi connectivity index (χ1n) is 4.41. The zero-order valence-corrected chi connectivity index (χ0v) is 9.12. The molecule has 0 saturated carbocycles. The molecule has 0 radical (unpaired) electrons. The molecule has 0 heteroatoms. The molecule has 0 aliphatic rings. The van der Waals surface area contributed by atoms with Gasteiger partial charge in [0.1, 0.15) is 0 Å². The Morgan fingerprint density at radius 3 is 1.00 bits per heavy atom. The third kappa shape index (κ3) is 43.8. The molecule has 0 saturated heterocycles. The summed E-state index contributed by atoms with van der Waals surface area (Å²) in [5.41, 5.74) is 2.38. The van der Waals surface area contributed by atoms with Crippen LogP contribution in [0.5, 0.6) is 0 Å². The fourth-order valence-corrected chi connectivity index (χ4v) is 0.515. The quantitative estimate of drug-likeness (QED) is 0.513. The van der Waals surface area contributed by atoms with Crippen LogP contribution in [0.3, 0.4) is 0 Å². The van der Waals surface area contributed by atoms with Crippen molar-refractivity contribution < 1.29 is 0 Å². The Labute approximate surface area is 73.0 Å². The van der Waals surface area contributed by atoms with Crippen molar-refractivity contribution in [1.29, 1.82) is 0 Å². The maximum atomic E-state index is 3.73. The maximum absolute atomic E-state index is 3.73. The van der Waals surface area contributed by atoms with Gasteiger partial charge >= 0.3 is 0 Å². The highest BCUT2D eigenvalue weighted by atomic mass is 13.9. The molecule has 0 atom stereocenters. The van der Waals surface area contributed by atoms with Crippen LogP contribution in [-0.2, 0) is 0 Å². The van der Waals surface area contributed by atoms with Gasteiger partial charge in [0.15, 0.2) is 0 Å². The molecule has 0 aromatic carbocycles. The lowest BCUT2D eigenvalue weighted by molar-refractivity contribution is 1.13. The molecule has 0 amide bonds. The predicted octanol–water partition coefficient (Wildman–Crippen LogP) is 4.58. The largest absolute Gasteiger partial charge is 0.0998 e. The topological polar surface area (TPSA) is 0 Å². The van der Waals surface area contributed by atoms with Crippen LogP contribution in [0.2, 0.25) is 0 Å². The molecule has 0 aromatic rings. The Bertz CT molecular complexity index is 76.2. The fraction of sp³-hybridized carbons (Fsp3) is 0.636. The average Bonchev–Trinajstić information content (AvgIpc) is 1.93. The first-order chi connectivity index (χ1) is 5.13. The van der Waals surface area contributed by atoms with Gasteiger partial charge in [0.25, 0.3) is 0 Å². The lowest BCUT2D eigenvalue weighted by Crippen LogP contribution is -1.72. The number of hydrogen-bond donors (Lipinski definition) is 0. The number of hydrogen-bond acceptors (Lipinski definition) is 0. The van der Waals surface area contributed by atoms with Gasteiger partial charge in [-0.05, 0) is 20.3 Å². The summed E-state index contributed by atoms with van der Waals surface area (Å²) in [5.74, 6) is 0. The number of allylic oxidation sites excluding steroid dienone is 2. The highest BCUT2D eigenvalue weighted by molar-refractivity contribution is 5.03. The van der Waals surface area contributed by atoms with Crippen molar-refractivity contribution in [1.82, 2.24) is 0 Å². The molecule has 0 aromatic heterocycles. The summed E-state index contributed by atoms with van der Waals surface area (Å²) < 4.78 is 0. The monoisotopic (exact) mass is 156 g/mol. The molecular weight excluding hydrogens is 132 g/mol. The SMILES string of the molecule is C=C(C)CC(=C)C.CC.CC. The second kappa shape index (κ2) is 16.2. The van der Waals surface area contributed by atoms with E-state index in [-0.39, 0.29) is 0 Å². The van der Waals surface area contributed by atoms with Gasteiger partial charge in [-0.3, -0.25) is 0 Å². The van der Waals surface area contributed by atoms with E-state index in [0.29, 0.717) is 0 Å². The molecule has 0 nitrogen and oxygen atoms in total. The highest BCUT2D eigenvalue weighted by Gasteiger charge is 1.82. The smallest absolute Gasteiger partial charge is 0.0119 e. The first kappa shape index (κ1) is 16.8. The minimum Gasteiger partial charge on any atom is -0.0998 e. The van der Waals surface area contributed by atoms with E-state index in [4.69, 9.17) is 0 Å². The van der Waals surface area contributed by atoms with Gasteiger partial charge in [-0.15, -0.1) is 0 Å². The summed E-state index contributed by atoms with van der Waals surface area (Å²) in [7, 11) is 0. The van der Waals surface area contributed by atoms with Gasteiger partial charge in [0.05, 0.1) is 0 Å². The molecule has 0 rings (SSSR count). The van der Waals surface area contributed by atoms with Gasteiger partial charge in [-0.25, -0.2) is 0 Å². The summed E-state index contributed by atoms with van der Waals surface area (Å²) in [6.07, 6.45) is 0.972. The van der Waals surface area contributed by atoms with Crippen LogP contribution < -0.4 is 0 Å². The van der Waals surface area contributed by atoms with E-state index in [2.05, 4.69) is 13.2 Å². The average molecular weight is 156 g/mol. The lowest BCUT2D eigenvalue weighted by atomic mass is 10.1. The van der Waals surface area contributed by atoms with Crippen molar-refractivity contribution in [2.45, 2.75) is 48.0 Å². The van der Waals surface area contributed by atoms with Crippen LogP contribution in [0.25, 0.3) is 0 Å². The van der Waals surface area contributed by atoms with Crippen LogP contribution in [0.4, 0.5) is 0 Å².